The van der Waals surface area contributed by atoms with Crippen molar-refractivity contribution < 1.29 is 4.42 Å². The van der Waals surface area contributed by atoms with E-state index in [9.17, 15) is 0 Å². The third-order valence-corrected chi connectivity index (χ3v) is 3.26. The van der Waals surface area contributed by atoms with E-state index in [0.717, 1.165) is 5.56 Å². The Labute approximate surface area is 113 Å². The van der Waals surface area contributed by atoms with Crippen molar-refractivity contribution in [3.8, 4) is 0 Å². The maximum atomic E-state index is 5.95. The zero-order valence-corrected chi connectivity index (χ0v) is 10.9. The van der Waals surface area contributed by atoms with Gasteiger partial charge in [-0.25, -0.2) is 5.43 Å². The molecule has 1 aromatic heterocycles. The second-order valence-electron chi connectivity index (χ2n) is 3.42. The summed E-state index contributed by atoms with van der Waals surface area (Å²) in [5.74, 6) is 6.11. The molecule has 90 valence electrons. The maximum Gasteiger partial charge on any atom is 0.193 e. The van der Waals surface area contributed by atoms with Crippen molar-refractivity contribution in [2.45, 2.75) is 6.04 Å². The summed E-state index contributed by atoms with van der Waals surface area (Å²) in [7, 11) is 0. The highest BCUT2D eigenvalue weighted by atomic mass is 35.5. The van der Waals surface area contributed by atoms with E-state index in [2.05, 4.69) is 5.43 Å². The van der Waals surface area contributed by atoms with Crippen LogP contribution in [0.5, 0.6) is 0 Å². The van der Waals surface area contributed by atoms with E-state index in [-0.39, 0.29) is 6.04 Å². The Morgan fingerprint density at radius 3 is 2.35 bits per heavy atom. The molecule has 1 unspecified atom stereocenters. The van der Waals surface area contributed by atoms with Gasteiger partial charge in [-0.2, -0.15) is 0 Å². The topological polar surface area (TPSA) is 51.2 Å². The zero-order valence-electron chi connectivity index (χ0n) is 8.58. The molecule has 0 aliphatic carbocycles. The molecule has 1 aromatic carbocycles. The summed E-state index contributed by atoms with van der Waals surface area (Å²) in [6.07, 6.45) is 0. The summed E-state index contributed by atoms with van der Waals surface area (Å²) in [5, 5.41) is 1.26. The van der Waals surface area contributed by atoms with Gasteiger partial charge in [-0.1, -0.05) is 29.3 Å². The van der Waals surface area contributed by atoms with Gasteiger partial charge in [-0.3, -0.25) is 5.84 Å². The fourth-order valence-electron chi connectivity index (χ4n) is 1.52. The highest BCUT2D eigenvalue weighted by Gasteiger charge is 2.17. The third kappa shape index (κ3) is 2.76. The minimum Gasteiger partial charge on any atom is -0.448 e. The number of halogens is 3. The van der Waals surface area contributed by atoms with E-state index in [4.69, 9.17) is 45.1 Å². The van der Waals surface area contributed by atoms with Crippen LogP contribution in [0.25, 0.3) is 0 Å². The van der Waals surface area contributed by atoms with Crippen LogP contribution in [-0.2, 0) is 0 Å². The second-order valence-corrected chi connectivity index (χ2v) is 4.60. The molecule has 0 saturated carbocycles. The lowest BCUT2D eigenvalue weighted by Gasteiger charge is -2.14. The van der Waals surface area contributed by atoms with Crippen molar-refractivity contribution in [2.75, 3.05) is 0 Å². The number of nitrogens with one attached hydrogen (secondary N) is 1. The fraction of sp³-hybridized carbons (Fsp3) is 0.0909. The van der Waals surface area contributed by atoms with Crippen molar-refractivity contribution in [3.05, 3.63) is 56.9 Å². The average Bonchev–Trinajstić information content (AvgIpc) is 2.71. The Balaban J connectivity index is 2.38. The lowest BCUT2D eigenvalue weighted by molar-refractivity contribution is 0.453. The number of hydrogen-bond donors (Lipinski definition) is 2. The van der Waals surface area contributed by atoms with Crippen LogP contribution in [0.2, 0.25) is 15.3 Å². The lowest BCUT2D eigenvalue weighted by atomic mass is 10.1. The molecule has 1 heterocycles. The summed E-state index contributed by atoms with van der Waals surface area (Å²) in [4.78, 5) is 0. The minimum atomic E-state index is -0.322. The van der Waals surface area contributed by atoms with Gasteiger partial charge in [-0.15, -0.1) is 0 Å². The Kier molecular flexibility index (Phi) is 3.97. The Hall–Kier alpha value is -0.710. The van der Waals surface area contributed by atoms with E-state index >= 15 is 0 Å². The molecule has 2 aromatic rings. The molecule has 0 aliphatic rings. The normalized spacial score (nSPS) is 12.7. The van der Waals surface area contributed by atoms with Gasteiger partial charge in [0.2, 0.25) is 0 Å². The SMILES string of the molecule is NNC(c1ccc(Cl)c(Cl)c1)c1ccc(Cl)o1. The van der Waals surface area contributed by atoms with Crippen LogP contribution in [-0.4, -0.2) is 0 Å². The molecule has 6 heteroatoms. The van der Waals surface area contributed by atoms with Gasteiger partial charge in [0.05, 0.1) is 10.0 Å². The van der Waals surface area contributed by atoms with Crippen molar-refractivity contribution in [2.24, 2.45) is 5.84 Å². The predicted molar refractivity (Wildman–Crippen MR) is 69.3 cm³/mol. The molecule has 3 N–H and O–H groups in total. The molecule has 17 heavy (non-hydrogen) atoms. The fourth-order valence-corrected chi connectivity index (χ4v) is 1.98. The first-order valence-electron chi connectivity index (χ1n) is 4.78. The first-order valence-corrected chi connectivity index (χ1v) is 5.91. The molecule has 2 rings (SSSR count). The smallest absolute Gasteiger partial charge is 0.193 e. The van der Waals surface area contributed by atoms with E-state index in [1.54, 1.807) is 24.3 Å². The van der Waals surface area contributed by atoms with Crippen molar-refractivity contribution in [3.63, 3.8) is 0 Å². The molecule has 0 spiro atoms. The van der Waals surface area contributed by atoms with E-state index in [0.29, 0.717) is 21.0 Å². The quantitative estimate of drug-likeness (QED) is 0.668. The van der Waals surface area contributed by atoms with Crippen LogP contribution in [0.4, 0.5) is 0 Å². The average molecular weight is 292 g/mol. The van der Waals surface area contributed by atoms with Crippen LogP contribution < -0.4 is 11.3 Å². The van der Waals surface area contributed by atoms with Crippen molar-refractivity contribution in [1.29, 1.82) is 0 Å². The number of nitrogens with two attached hydrogens (primary N) is 1. The maximum absolute atomic E-state index is 5.95. The number of hydrogen-bond acceptors (Lipinski definition) is 3. The third-order valence-electron chi connectivity index (χ3n) is 2.32. The van der Waals surface area contributed by atoms with E-state index in [1.807, 2.05) is 6.07 Å². The largest absolute Gasteiger partial charge is 0.448 e. The Morgan fingerprint density at radius 2 is 1.82 bits per heavy atom. The molecule has 0 fully saturated rings. The molecule has 0 amide bonds. The van der Waals surface area contributed by atoms with E-state index < -0.39 is 0 Å². The predicted octanol–water partition coefficient (Wildman–Crippen LogP) is 3.79. The molecule has 0 radical (unpaired) electrons. The van der Waals surface area contributed by atoms with Gasteiger partial charge in [0.25, 0.3) is 0 Å². The molecule has 0 aliphatic heterocycles. The summed E-state index contributed by atoms with van der Waals surface area (Å²) >= 11 is 17.5. The second kappa shape index (κ2) is 5.29. The minimum absolute atomic E-state index is 0.306. The summed E-state index contributed by atoms with van der Waals surface area (Å²) in [6.45, 7) is 0. The summed E-state index contributed by atoms with van der Waals surface area (Å²) in [6, 6.07) is 8.32. The monoisotopic (exact) mass is 290 g/mol. The summed E-state index contributed by atoms with van der Waals surface area (Å²) in [5.41, 5.74) is 3.48. The first kappa shape index (κ1) is 12.7. The molecule has 3 nitrogen and oxygen atoms in total. The van der Waals surface area contributed by atoms with Gasteiger partial charge in [0.15, 0.2) is 5.22 Å². The molecular formula is C11H9Cl3N2O. The van der Waals surface area contributed by atoms with Crippen LogP contribution in [0.15, 0.2) is 34.7 Å². The van der Waals surface area contributed by atoms with Crippen LogP contribution in [0.3, 0.4) is 0 Å². The highest BCUT2D eigenvalue weighted by Crippen LogP contribution is 2.30. The number of rotatable bonds is 3. The number of benzene rings is 1. The van der Waals surface area contributed by atoms with Crippen LogP contribution >= 0.6 is 34.8 Å². The van der Waals surface area contributed by atoms with Gasteiger partial charge in [-0.05, 0) is 41.4 Å². The van der Waals surface area contributed by atoms with Crippen LogP contribution in [0.1, 0.15) is 17.4 Å². The molecule has 1 atom stereocenters. The molecular weight excluding hydrogens is 282 g/mol. The standard InChI is InChI=1S/C11H9Cl3N2O/c12-7-2-1-6(5-8(7)13)11(16-15)9-3-4-10(14)17-9/h1-5,11,16H,15H2. The lowest BCUT2D eigenvalue weighted by Crippen LogP contribution is -2.28. The van der Waals surface area contributed by atoms with Gasteiger partial charge < -0.3 is 4.42 Å². The van der Waals surface area contributed by atoms with Gasteiger partial charge in [0.1, 0.15) is 11.8 Å². The van der Waals surface area contributed by atoms with Crippen molar-refractivity contribution in [1.82, 2.24) is 5.43 Å². The van der Waals surface area contributed by atoms with Crippen LogP contribution in [0, 0.1) is 0 Å². The Morgan fingerprint density at radius 1 is 1.06 bits per heavy atom. The molecule has 0 saturated heterocycles. The van der Waals surface area contributed by atoms with Gasteiger partial charge in [0, 0.05) is 0 Å². The first-order chi connectivity index (χ1) is 8.11. The van der Waals surface area contributed by atoms with E-state index in [1.165, 1.54) is 0 Å². The Bertz CT molecular complexity index is 527. The number of furan rings is 1. The summed E-state index contributed by atoms with van der Waals surface area (Å²) < 4.78 is 5.31. The molecule has 0 bridgehead atoms. The number of hydrazine groups is 1. The highest BCUT2D eigenvalue weighted by molar-refractivity contribution is 6.42. The van der Waals surface area contributed by atoms with Crippen molar-refractivity contribution >= 4 is 34.8 Å². The zero-order chi connectivity index (χ0) is 12.4. The van der Waals surface area contributed by atoms with Gasteiger partial charge >= 0.3 is 0 Å².